The van der Waals surface area contributed by atoms with Crippen LogP contribution in [0.25, 0.3) is 0 Å². The lowest BCUT2D eigenvalue weighted by Gasteiger charge is -2.22. The van der Waals surface area contributed by atoms with E-state index in [-0.39, 0.29) is 18.4 Å². The molecule has 1 aliphatic rings. The normalized spacial score (nSPS) is 16.2. The number of benzene rings is 1. The molecular formula is C20H23N3O4S. The first-order valence-corrected chi connectivity index (χ1v) is 9.65. The number of ether oxygens (including phenoxy) is 3. The van der Waals surface area contributed by atoms with Gasteiger partial charge in [0.1, 0.15) is 22.6 Å². The number of hydrogen-bond acceptors (Lipinski definition) is 7. The SMILES string of the molecule is COC1=CC=C(Cc2nnc(NC(=O)Cc3ccccc3OC)s2)CC1OC. The fourth-order valence-corrected chi connectivity index (χ4v) is 3.81. The third kappa shape index (κ3) is 4.96. The Morgan fingerprint density at radius 1 is 1.18 bits per heavy atom. The Morgan fingerprint density at radius 2 is 2.00 bits per heavy atom. The van der Waals surface area contributed by atoms with Crippen molar-refractivity contribution in [2.45, 2.75) is 25.4 Å². The third-order valence-corrected chi connectivity index (χ3v) is 5.24. The predicted molar refractivity (Wildman–Crippen MR) is 108 cm³/mol. The molecule has 28 heavy (non-hydrogen) atoms. The summed E-state index contributed by atoms with van der Waals surface area (Å²) in [5.74, 6) is 1.35. The van der Waals surface area contributed by atoms with Crippen LogP contribution in [0, 0.1) is 0 Å². The number of nitrogens with one attached hydrogen (secondary N) is 1. The summed E-state index contributed by atoms with van der Waals surface area (Å²) >= 11 is 1.37. The predicted octanol–water partition coefficient (Wildman–Crippen LogP) is 3.15. The number of nitrogens with zero attached hydrogens (tertiary/aromatic N) is 2. The van der Waals surface area contributed by atoms with Crippen molar-refractivity contribution in [3.8, 4) is 5.75 Å². The number of amides is 1. The highest BCUT2D eigenvalue weighted by Crippen LogP contribution is 2.27. The van der Waals surface area contributed by atoms with Crippen LogP contribution < -0.4 is 10.1 Å². The average molecular weight is 401 g/mol. The van der Waals surface area contributed by atoms with E-state index in [9.17, 15) is 4.79 Å². The van der Waals surface area contributed by atoms with Crippen molar-refractivity contribution in [2.24, 2.45) is 0 Å². The molecule has 1 unspecified atom stereocenters. The zero-order valence-corrected chi connectivity index (χ0v) is 16.9. The molecule has 1 amide bonds. The van der Waals surface area contributed by atoms with Gasteiger partial charge in [0.25, 0.3) is 0 Å². The van der Waals surface area contributed by atoms with Crippen molar-refractivity contribution in [2.75, 3.05) is 26.6 Å². The molecule has 0 bridgehead atoms. The number of carbonyl (C=O) groups excluding carboxylic acids is 1. The summed E-state index contributed by atoms with van der Waals surface area (Å²) in [6.07, 6.45) is 5.47. The number of hydrogen-bond donors (Lipinski definition) is 1. The first kappa shape index (κ1) is 20.0. The highest BCUT2D eigenvalue weighted by Gasteiger charge is 2.21. The molecule has 0 fully saturated rings. The zero-order valence-electron chi connectivity index (χ0n) is 16.1. The van der Waals surface area contributed by atoms with E-state index in [0.717, 1.165) is 22.8 Å². The summed E-state index contributed by atoms with van der Waals surface area (Å²) in [7, 11) is 4.90. The summed E-state index contributed by atoms with van der Waals surface area (Å²) in [4.78, 5) is 12.3. The lowest BCUT2D eigenvalue weighted by molar-refractivity contribution is -0.115. The largest absolute Gasteiger partial charge is 0.498 e. The van der Waals surface area contributed by atoms with Gasteiger partial charge in [-0.05, 0) is 12.1 Å². The van der Waals surface area contributed by atoms with Crippen LogP contribution in [0.3, 0.4) is 0 Å². The first-order valence-electron chi connectivity index (χ1n) is 8.83. The Hall–Kier alpha value is -2.71. The van der Waals surface area contributed by atoms with Crippen LogP contribution in [0.2, 0.25) is 0 Å². The molecule has 1 N–H and O–H groups in total. The Labute approximate surface area is 168 Å². The molecule has 1 aromatic carbocycles. The average Bonchev–Trinajstić information content (AvgIpc) is 3.14. The van der Waals surface area contributed by atoms with Crippen molar-refractivity contribution in [1.29, 1.82) is 0 Å². The summed E-state index contributed by atoms with van der Waals surface area (Å²) in [6.45, 7) is 0. The van der Waals surface area contributed by atoms with Gasteiger partial charge in [0.2, 0.25) is 11.0 Å². The summed E-state index contributed by atoms with van der Waals surface area (Å²) in [5, 5.41) is 12.4. The van der Waals surface area contributed by atoms with Gasteiger partial charge in [0, 0.05) is 25.5 Å². The molecule has 0 spiro atoms. The van der Waals surface area contributed by atoms with Crippen LogP contribution in [0.5, 0.6) is 5.75 Å². The smallest absolute Gasteiger partial charge is 0.230 e. The Balaban J connectivity index is 1.59. The van der Waals surface area contributed by atoms with Gasteiger partial charge in [-0.15, -0.1) is 10.2 Å². The fourth-order valence-electron chi connectivity index (χ4n) is 3.00. The molecule has 3 rings (SSSR count). The molecule has 0 aliphatic heterocycles. The van der Waals surface area contributed by atoms with Crippen molar-refractivity contribution in [3.05, 3.63) is 58.3 Å². The van der Waals surface area contributed by atoms with Gasteiger partial charge in [0.05, 0.1) is 20.6 Å². The molecule has 8 heteroatoms. The van der Waals surface area contributed by atoms with Crippen LogP contribution in [0.15, 0.2) is 47.7 Å². The maximum absolute atomic E-state index is 12.3. The van der Waals surface area contributed by atoms with E-state index < -0.39 is 0 Å². The van der Waals surface area contributed by atoms with Crippen LogP contribution >= 0.6 is 11.3 Å². The molecule has 1 atom stereocenters. The Morgan fingerprint density at radius 3 is 2.75 bits per heavy atom. The molecule has 0 radical (unpaired) electrons. The monoisotopic (exact) mass is 401 g/mol. The van der Waals surface area contributed by atoms with Gasteiger partial charge < -0.3 is 19.5 Å². The number of allylic oxidation sites excluding steroid dienone is 2. The van der Waals surface area contributed by atoms with Gasteiger partial charge in [-0.3, -0.25) is 4.79 Å². The summed E-state index contributed by atoms with van der Waals surface area (Å²) in [6, 6.07) is 7.45. The minimum Gasteiger partial charge on any atom is -0.498 e. The molecule has 7 nitrogen and oxygen atoms in total. The van der Waals surface area contributed by atoms with E-state index >= 15 is 0 Å². The lowest BCUT2D eigenvalue weighted by atomic mass is 9.98. The lowest BCUT2D eigenvalue weighted by Crippen LogP contribution is -2.19. The van der Waals surface area contributed by atoms with E-state index in [2.05, 4.69) is 15.5 Å². The minimum absolute atomic E-state index is 0.0852. The van der Waals surface area contributed by atoms with E-state index in [1.54, 1.807) is 21.3 Å². The maximum atomic E-state index is 12.3. The van der Waals surface area contributed by atoms with Gasteiger partial charge >= 0.3 is 0 Å². The van der Waals surface area contributed by atoms with Crippen molar-refractivity contribution in [3.63, 3.8) is 0 Å². The highest BCUT2D eigenvalue weighted by atomic mass is 32.1. The number of rotatable bonds is 8. The van der Waals surface area contributed by atoms with E-state index in [4.69, 9.17) is 14.2 Å². The van der Waals surface area contributed by atoms with E-state index in [0.29, 0.717) is 17.3 Å². The second-order valence-corrected chi connectivity index (χ2v) is 7.30. The molecule has 1 aromatic heterocycles. The first-order chi connectivity index (χ1) is 13.6. The molecule has 1 heterocycles. The maximum Gasteiger partial charge on any atom is 0.230 e. The second-order valence-electron chi connectivity index (χ2n) is 6.24. The third-order valence-electron chi connectivity index (χ3n) is 4.40. The van der Waals surface area contributed by atoms with E-state index in [1.165, 1.54) is 16.9 Å². The number of para-hydroxylation sites is 1. The number of aromatic nitrogens is 2. The van der Waals surface area contributed by atoms with Gasteiger partial charge in [-0.1, -0.05) is 41.2 Å². The van der Waals surface area contributed by atoms with Crippen molar-refractivity contribution in [1.82, 2.24) is 10.2 Å². The highest BCUT2D eigenvalue weighted by molar-refractivity contribution is 7.15. The Bertz CT molecular complexity index is 891. The van der Waals surface area contributed by atoms with Crippen LogP contribution in [0.1, 0.15) is 17.0 Å². The number of carbonyl (C=O) groups is 1. The molecular weight excluding hydrogens is 378 g/mol. The van der Waals surface area contributed by atoms with Gasteiger partial charge in [0.15, 0.2) is 0 Å². The quantitative estimate of drug-likeness (QED) is 0.732. The van der Waals surface area contributed by atoms with Crippen LogP contribution in [0.4, 0.5) is 5.13 Å². The molecule has 1 aliphatic carbocycles. The fraction of sp³-hybridized carbons (Fsp3) is 0.350. The molecule has 0 saturated heterocycles. The zero-order chi connectivity index (χ0) is 19.9. The minimum atomic E-state index is -0.156. The van der Waals surface area contributed by atoms with Crippen molar-refractivity contribution >= 4 is 22.4 Å². The molecule has 0 saturated carbocycles. The van der Waals surface area contributed by atoms with Crippen LogP contribution in [-0.4, -0.2) is 43.5 Å². The van der Waals surface area contributed by atoms with Crippen LogP contribution in [-0.2, 0) is 27.1 Å². The standard InChI is InChI=1S/C20H23N3O4S/c1-25-15-7-5-4-6-14(15)12-18(24)21-20-23-22-19(28-20)11-13-8-9-16(26-2)17(10-13)27-3/h4-9,17H,10-12H2,1-3H3,(H,21,23,24). The summed E-state index contributed by atoms with van der Waals surface area (Å²) < 4.78 is 16.1. The Kier molecular flexibility index (Phi) is 6.78. The molecule has 2 aromatic rings. The van der Waals surface area contributed by atoms with Gasteiger partial charge in [-0.25, -0.2) is 0 Å². The second kappa shape index (κ2) is 9.48. The van der Waals surface area contributed by atoms with Gasteiger partial charge in [-0.2, -0.15) is 0 Å². The molecule has 148 valence electrons. The van der Waals surface area contributed by atoms with E-state index in [1.807, 2.05) is 36.4 Å². The number of anilines is 1. The number of methoxy groups -OCH3 is 3. The van der Waals surface area contributed by atoms with Crippen molar-refractivity contribution < 1.29 is 19.0 Å². The topological polar surface area (TPSA) is 82.6 Å². The summed E-state index contributed by atoms with van der Waals surface area (Å²) in [5.41, 5.74) is 2.00.